The molecule has 0 amide bonds. The van der Waals surface area contributed by atoms with E-state index >= 15 is 0 Å². The molecule has 1 aliphatic carbocycles. The quantitative estimate of drug-likeness (QED) is 0.0873. The third-order valence-corrected chi connectivity index (χ3v) is 7.14. The first kappa shape index (κ1) is 21.9. The number of nitrogens with one attached hydrogen (secondary N) is 1. The summed E-state index contributed by atoms with van der Waals surface area (Å²) in [5, 5.41) is 12.5. The van der Waals surface area contributed by atoms with Crippen molar-refractivity contribution in [3.05, 3.63) is 46.9 Å². The first-order chi connectivity index (χ1) is 15.6. The van der Waals surface area contributed by atoms with Crippen molar-refractivity contribution < 1.29 is 9.22 Å². The second-order valence-electron chi connectivity index (χ2n) is 7.91. The Morgan fingerprint density at radius 1 is 1.34 bits per heavy atom. The number of benzene rings is 1. The van der Waals surface area contributed by atoms with Crippen molar-refractivity contribution in [1.29, 1.82) is 0 Å². The predicted octanol–water partition coefficient (Wildman–Crippen LogP) is 5.16. The summed E-state index contributed by atoms with van der Waals surface area (Å²) in [6.07, 6.45) is 4.96. The van der Waals surface area contributed by atoms with E-state index in [0.29, 0.717) is 18.6 Å². The van der Waals surface area contributed by atoms with Gasteiger partial charge in [0.15, 0.2) is 5.65 Å². The van der Waals surface area contributed by atoms with E-state index in [1.807, 2.05) is 35.0 Å². The second-order valence-corrected chi connectivity index (χ2v) is 10.1. The molecule has 0 aliphatic heterocycles. The number of aromatic nitrogens is 3. The van der Waals surface area contributed by atoms with E-state index in [9.17, 15) is 0 Å². The lowest BCUT2D eigenvalue weighted by molar-refractivity contribution is -0.203. The number of anilines is 1. The molecule has 11 heteroatoms. The zero-order valence-corrected chi connectivity index (χ0v) is 19.8. The SMILES string of the molecule is CN(N)SOOCC1CCC(Nc2ccnc3cc(-c4csc5cc(Cl)ccc45)nn23)C1. The number of halogens is 1. The Kier molecular flexibility index (Phi) is 6.51. The zero-order valence-electron chi connectivity index (χ0n) is 17.4. The van der Waals surface area contributed by atoms with E-state index in [1.54, 1.807) is 18.4 Å². The molecule has 1 aliphatic rings. The van der Waals surface area contributed by atoms with Crippen molar-refractivity contribution in [2.75, 3.05) is 19.0 Å². The van der Waals surface area contributed by atoms with Crippen LogP contribution in [0.1, 0.15) is 19.3 Å². The number of hydrazine groups is 1. The minimum absolute atomic E-state index is 0.343. The van der Waals surface area contributed by atoms with Gasteiger partial charge in [-0.2, -0.15) is 14.0 Å². The first-order valence-corrected chi connectivity index (χ1v) is 12.3. The molecule has 1 saturated carbocycles. The molecule has 1 fully saturated rings. The molecular formula is C21H23ClN6O2S2. The minimum Gasteiger partial charge on any atom is -0.367 e. The number of nitrogens with two attached hydrogens (primary N) is 1. The van der Waals surface area contributed by atoms with Gasteiger partial charge in [0.05, 0.1) is 12.3 Å². The lowest BCUT2D eigenvalue weighted by Gasteiger charge is -2.15. The average molecular weight is 491 g/mol. The summed E-state index contributed by atoms with van der Waals surface area (Å²) in [7, 11) is 1.69. The summed E-state index contributed by atoms with van der Waals surface area (Å²) in [4.78, 5) is 9.77. The van der Waals surface area contributed by atoms with E-state index in [0.717, 1.165) is 69.3 Å². The number of thiophene rings is 1. The number of nitrogens with zero attached hydrogens (tertiary/aromatic N) is 4. The Labute approximate surface area is 198 Å². The van der Waals surface area contributed by atoms with E-state index in [1.165, 1.54) is 4.41 Å². The van der Waals surface area contributed by atoms with Crippen LogP contribution in [0.15, 0.2) is 41.9 Å². The van der Waals surface area contributed by atoms with Crippen LogP contribution in [0.3, 0.4) is 0 Å². The fraction of sp³-hybridized carbons (Fsp3) is 0.333. The smallest absolute Gasteiger partial charge is 0.157 e. The molecule has 3 heterocycles. The molecule has 2 atom stereocenters. The summed E-state index contributed by atoms with van der Waals surface area (Å²) >= 11 is 8.78. The van der Waals surface area contributed by atoms with Crippen LogP contribution in [-0.4, -0.2) is 38.7 Å². The molecule has 32 heavy (non-hydrogen) atoms. The van der Waals surface area contributed by atoms with Gasteiger partial charge in [-0.05, 0) is 43.4 Å². The van der Waals surface area contributed by atoms with Gasteiger partial charge >= 0.3 is 0 Å². The highest BCUT2D eigenvalue weighted by molar-refractivity contribution is 7.92. The Hall–Kier alpha value is -1.92. The van der Waals surface area contributed by atoms with Crippen LogP contribution in [0.4, 0.5) is 5.82 Å². The van der Waals surface area contributed by atoms with Gasteiger partial charge in [0, 0.05) is 51.4 Å². The number of hydrogen-bond acceptors (Lipinski definition) is 9. The first-order valence-electron chi connectivity index (χ1n) is 10.3. The monoisotopic (exact) mass is 490 g/mol. The second kappa shape index (κ2) is 9.52. The maximum atomic E-state index is 6.14. The van der Waals surface area contributed by atoms with Crippen LogP contribution in [0, 0.1) is 5.92 Å². The standard InChI is InChI=1S/C21H23ClN6O2S2/c1-27(23)32-30-29-11-13-2-4-15(8-13)25-20-6-7-24-21-10-18(26-28(20)21)17-12-31-19-9-14(22)3-5-16(17)19/h3,5-7,9-10,12-13,15,25H,2,4,8,11,23H2,1H3. The minimum atomic E-state index is 0.343. The molecule has 4 aromatic rings. The van der Waals surface area contributed by atoms with Crippen LogP contribution in [0.25, 0.3) is 27.0 Å². The molecule has 0 bridgehead atoms. The molecule has 2 unspecified atom stereocenters. The van der Waals surface area contributed by atoms with Gasteiger partial charge in [0.25, 0.3) is 0 Å². The van der Waals surface area contributed by atoms with Gasteiger partial charge in [0.2, 0.25) is 0 Å². The van der Waals surface area contributed by atoms with E-state index in [-0.39, 0.29) is 0 Å². The normalized spacial score (nSPS) is 18.9. The highest BCUT2D eigenvalue weighted by Crippen LogP contribution is 2.35. The highest BCUT2D eigenvalue weighted by atomic mass is 35.5. The zero-order chi connectivity index (χ0) is 22.1. The van der Waals surface area contributed by atoms with Crippen LogP contribution in [0.2, 0.25) is 5.02 Å². The lowest BCUT2D eigenvalue weighted by atomic mass is 10.1. The number of fused-ring (bicyclic) bond motifs is 2. The van der Waals surface area contributed by atoms with Gasteiger partial charge in [-0.1, -0.05) is 17.7 Å². The van der Waals surface area contributed by atoms with Gasteiger partial charge in [-0.15, -0.1) is 15.7 Å². The number of rotatable bonds is 8. The molecule has 3 aromatic heterocycles. The molecular weight excluding hydrogens is 468 g/mol. The summed E-state index contributed by atoms with van der Waals surface area (Å²) < 4.78 is 9.39. The average Bonchev–Trinajstić information content (AvgIpc) is 3.49. The van der Waals surface area contributed by atoms with Crippen molar-refractivity contribution in [3.8, 4) is 11.3 Å². The highest BCUT2D eigenvalue weighted by Gasteiger charge is 2.26. The van der Waals surface area contributed by atoms with Crippen molar-refractivity contribution in [2.24, 2.45) is 11.8 Å². The lowest BCUT2D eigenvalue weighted by Crippen LogP contribution is -2.19. The maximum absolute atomic E-state index is 6.14. The van der Waals surface area contributed by atoms with Gasteiger partial charge in [-0.3, -0.25) is 5.84 Å². The molecule has 8 nitrogen and oxygen atoms in total. The summed E-state index contributed by atoms with van der Waals surface area (Å²) in [5.41, 5.74) is 2.81. The van der Waals surface area contributed by atoms with Crippen molar-refractivity contribution in [1.82, 2.24) is 19.0 Å². The Morgan fingerprint density at radius 3 is 3.12 bits per heavy atom. The molecule has 0 radical (unpaired) electrons. The maximum Gasteiger partial charge on any atom is 0.157 e. The van der Waals surface area contributed by atoms with Gasteiger partial charge in [0.1, 0.15) is 18.0 Å². The summed E-state index contributed by atoms with van der Waals surface area (Å²) in [6.45, 7) is 0.548. The van der Waals surface area contributed by atoms with E-state index < -0.39 is 0 Å². The Balaban J connectivity index is 1.30. The summed E-state index contributed by atoms with van der Waals surface area (Å²) in [6, 6.07) is 10.3. The van der Waals surface area contributed by atoms with Crippen LogP contribution in [-0.2, 0) is 9.22 Å². The Morgan fingerprint density at radius 2 is 2.25 bits per heavy atom. The molecule has 3 N–H and O–H groups in total. The van der Waals surface area contributed by atoms with Crippen molar-refractivity contribution in [2.45, 2.75) is 25.3 Å². The molecule has 0 saturated heterocycles. The molecule has 1 aromatic carbocycles. The molecule has 5 rings (SSSR count). The van der Waals surface area contributed by atoms with E-state index in [2.05, 4.69) is 21.7 Å². The fourth-order valence-electron chi connectivity index (χ4n) is 4.10. The fourth-order valence-corrected chi connectivity index (χ4v) is 5.52. The van der Waals surface area contributed by atoms with Crippen LogP contribution >= 0.6 is 35.2 Å². The van der Waals surface area contributed by atoms with E-state index in [4.69, 9.17) is 31.8 Å². The Bertz CT molecular complexity index is 1230. The predicted molar refractivity (Wildman–Crippen MR) is 130 cm³/mol. The molecule has 0 spiro atoms. The number of hydrogen-bond donors (Lipinski definition) is 2. The summed E-state index contributed by atoms with van der Waals surface area (Å²) in [5.74, 6) is 6.84. The molecule has 168 valence electrons. The van der Waals surface area contributed by atoms with Crippen LogP contribution < -0.4 is 11.2 Å². The van der Waals surface area contributed by atoms with Crippen molar-refractivity contribution in [3.63, 3.8) is 0 Å². The third kappa shape index (κ3) is 4.72. The largest absolute Gasteiger partial charge is 0.367 e. The van der Waals surface area contributed by atoms with Gasteiger partial charge < -0.3 is 5.32 Å². The third-order valence-electron chi connectivity index (χ3n) is 5.56. The van der Waals surface area contributed by atoms with Gasteiger partial charge in [-0.25, -0.2) is 9.87 Å². The topological polar surface area (TPSA) is 89.9 Å². The van der Waals surface area contributed by atoms with Crippen molar-refractivity contribution >= 4 is 56.7 Å². The van der Waals surface area contributed by atoms with Crippen LogP contribution in [0.5, 0.6) is 0 Å².